The van der Waals surface area contributed by atoms with Crippen molar-refractivity contribution in [3.8, 4) is 5.40 Å². The maximum atomic E-state index is 7.13. The zero-order valence-electron chi connectivity index (χ0n) is 2.51. The molecule has 0 amide bonds. The fourth-order valence-corrected chi connectivity index (χ4v) is 0. The van der Waals surface area contributed by atoms with Gasteiger partial charge in [0, 0.05) is 0 Å². The second kappa shape index (κ2) is 20.4. The molecule has 0 atom stereocenters. The van der Waals surface area contributed by atoms with Gasteiger partial charge in [-0.2, -0.15) is 0 Å². The van der Waals surface area contributed by atoms with E-state index in [2.05, 4.69) is 12.6 Å². The van der Waals surface area contributed by atoms with Crippen molar-refractivity contribution in [1.82, 2.24) is 0 Å². The smallest absolute Gasteiger partial charge is 0.870 e. The molecule has 0 spiro atoms. The van der Waals surface area contributed by atoms with Gasteiger partial charge in [-0.1, -0.05) is 5.40 Å². The van der Waals surface area contributed by atoms with Crippen molar-refractivity contribution in [2.45, 2.75) is 0 Å². The van der Waals surface area contributed by atoms with E-state index in [0.717, 1.165) is 0 Å². The minimum Gasteiger partial charge on any atom is -0.870 e. The molecule has 0 saturated carbocycles. The molecule has 0 aliphatic heterocycles. The summed E-state index contributed by atoms with van der Waals surface area (Å²) in [7, 11) is 0. The third-order valence-electron chi connectivity index (χ3n) is 0. The molecule has 0 unspecified atom stereocenters. The van der Waals surface area contributed by atoms with Gasteiger partial charge >= 0.3 is 37.7 Å². The van der Waals surface area contributed by atoms with Crippen molar-refractivity contribution in [2.75, 3.05) is 0 Å². The molecule has 24 valence electrons. The van der Waals surface area contributed by atoms with Gasteiger partial charge in [-0.25, -0.2) is 5.26 Å². The Balaban J connectivity index is -0.0000000200. The molecule has 0 saturated heterocycles. The van der Waals surface area contributed by atoms with Crippen LogP contribution in [0.3, 0.4) is 0 Å². The molecular weight excluding hydrogens is 114 g/mol. The summed E-state index contributed by atoms with van der Waals surface area (Å²) < 4.78 is 0. The Morgan fingerprint density at radius 1 is 1.60 bits per heavy atom. The summed E-state index contributed by atoms with van der Waals surface area (Å²) >= 11 is 3.70. The summed E-state index contributed by atoms with van der Waals surface area (Å²) in [5, 5.41) is 8.47. The van der Waals surface area contributed by atoms with Crippen LogP contribution in [0.4, 0.5) is 0 Å². The van der Waals surface area contributed by atoms with Crippen LogP contribution in [0.2, 0.25) is 0 Å². The van der Waals surface area contributed by atoms with Crippen LogP contribution in [0.1, 0.15) is 0 Å². The number of rotatable bonds is 0. The predicted molar refractivity (Wildman–Crippen MR) is 20.7 cm³/mol. The molecule has 1 N–H and O–H groups in total. The molecule has 0 heterocycles. The quantitative estimate of drug-likeness (QED) is 0.242. The van der Waals surface area contributed by atoms with Crippen molar-refractivity contribution in [3.63, 3.8) is 0 Å². The van der Waals surface area contributed by atoms with Gasteiger partial charge in [-0.3, -0.25) is 0 Å². The molecule has 0 radical (unpaired) electrons. The van der Waals surface area contributed by atoms with E-state index in [0.29, 0.717) is 0 Å². The van der Waals surface area contributed by atoms with Gasteiger partial charge in [-0.05, 0) is 0 Å². The zero-order valence-corrected chi connectivity index (χ0v) is 5.53. The van der Waals surface area contributed by atoms with Gasteiger partial charge in [0.15, 0.2) is 0 Å². The molecule has 0 aromatic rings. The largest absolute Gasteiger partial charge is 2.00 e. The number of nitrogens with zero attached hydrogens (tertiary/aromatic N) is 1. The van der Waals surface area contributed by atoms with Gasteiger partial charge in [0.25, 0.3) is 0 Å². The summed E-state index contributed by atoms with van der Waals surface area (Å²) in [6.07, 6.45) is 0. The van der Waals surface area contributed by atoms with Crippen molar-refractivity contribution < 1.29 is 5.48 Å². The zero-order chi connectivity index (χ0) is 2.71. The second-order valence-electron chi connectivity index (χ2n) is 0.0913. The van der Waals surface area contributed by atoms with E-state index in [-0.39, 0.29) is 43.2 Å². The first-order valence-electron chi connectivity index (χ1n) is 0.428. The van der Waals surface area contributed by atoms with E-state index < -0.39 is 0 Å². The molecule has 0 rings (SSSR count). The maximum absolute atomic E-state index is 7.13. The fourth-order valence-electron chi connectivity index (χ4n) is 0. The van der Waals surface area contributed by atoms with E-state index >= 15 is 0 Å². The van der Waals surface area contributed by atoms with Gasteiger partial charge in [0.1, 0.15) is 0 Å². The van der Waals surface area contributed by atoms with E-state index in [1.807, 2.05) is 0 Å². The molecule has 0 aliphatic rings. The third kappa shape index (κ3) is 49.0. The first-order valence-corrected chi connectivity index (χ1v) is 0.836. The molecule has 4 heteroatoms. The Morgan fingerprint density at radius 2 is 1.60 bits per heavy atom. The van der Waals surface area contributed by atoms with Crippen LogP contribution in [0.25, 0.3) is 0 Å². The molecule has 0 aromatic carbocycles. The first-order chi connectivity index (χ1) is 1.41. The standard InChI is InChI=1S/CHNS.Ca.H2O/c2-1-3;;/h3H;;1H2/q;+2;/p-2. The Bertz CT molecular complexity index is 33.1. The van der Waals surface area contributed by atoms with Crippen LogP contribution < -0.4 is 0 Å². The van der Waals surface area contributed by atoms with Crippen LogP contribution in [0.15, 0.2) is 0 Å². The number of hydrogen-bond acceptors (Lipinski definition) is 3. The molecule has 0 bridgehead atoms. The van der Waals surface area contributed by atoms with Crippen LogP contribution in [0.5, 0.6) is 0 Å². The summed E-state index contributed by atoms with van der Waals surface area (Å²) in [6, 6.07) is 0. The minimum atomic E-state index is 0. The van der Waals surface area contributed by atoms with Crippen LogP contribution >= 0.6 is 0 Å². The molecule has 5 heavy (non-hydrogen) atoms. The molecule has 0 fully saturated rings. The van der Waals surface area contributed by atoms with E-state index in [1.54, 1.807) is 0 Å². The molecule has 0 aromatic heterocycles. The average Bonchev–Trinajstić information content (AvgIpc) is 0.918. The maximum Gasteiger partial charge on any atom is 2.00 e. The Kier molecular flexibility index (Phi) is 68.6. The van der Waals surface area contributed by atoms with Gasteiger partial charge in [0.2, 0.25) is 0 Å². The van der Waals surface area contributed by atoms with Gasteiger partial charge in [-0.15, -0.1) is 0 Å². The molecule has 0 aliphatic carbocycles. The monoisotopic (exact) mass is 115 g/mol. The SMILES string of the molecule is N#C[S-].[Ca+2].[OH-]. The summed E-state index contributed by atoms with van der Waals surface area (Å²) in [5.41, 5.74) is 0. The van der Waals surface area contributed by atoms with Gasteiger partial charge in [0.05, 0.1) is 0 Å². The fraction of sp³-hybridized carbons (Fsp3) is 0. The Morgan fingerprint density at radius 3 is 1.60 bits per heavy atom. The van der Waals surface area contributed by atoms with E-state index in [4.69, 9.17) is 5.26 Å². The number of thiocyanates is 1. The molecular formula is CHCaNOS. The van der Waals surface area contributed by atoms with Crippen molar-refractivity contribution in [3.05, 3.63) is 0 Å². The summed E-state index contributed by atoms with van der Waals surface area (Å²) in [6.45, 7) is 0. The van der Waals surface area contributed by atoms with Crippen molar-refractivity contribution in [1.29, 1.82) is 5.26 Å². The van der Waals surface area contributed by atoms with Gasteiger partial charge < -0.3 is 18.1 Å². The minimum absolute atomic E-state index is 0. The predicted octanol–water partition coefficient (Wildman–Crippen LogP) is -0.543. The van der Waals surface area contributed by atoms with Crippen molar-refractivity contribution >= 4 is 50.4 Å². The third-order valence-corrected chi connectivity index (χ3v) is 0. The van der Waals surface area contributed by atoms with Crippen LogP contribution in [-0.4, -0.2) is 43.2 Å². The Hall–Kier alpha value is 0.930. The molecule has 2 nitrogen and oxygen atoms in total. The van der Waals surface area contributed by atoms with E-state index in [9.17, 15) is 0 Å². The van der Waals surface area contributed by atoms with Crippen LogP contribution in [0, 0.1) is 10.7 Å². The topological polar surface area (TPSA) is 53.8 Å². The normalized spacial score (nSPS) is 1.40. The summed E-state index contributed by atoms with van der Waals surface area (Å²) in [5.74, 6) is 0. The number of nitriles is 1. The summed E-state index contributed by atoms with van der Waals surface area (Å²) in [4.78, 5) is 0. The van der Waals surface area contributed by atoms with Crippen molar-refractivity contribution in [2.24, 2.45) is 0 Å². The van der Waals surface area contributed by atoms with E-state index in [1.165, 1.54) is 5.40 Å². The Labute approximate surface area is 65.9 Å². The van der Waals surface area contributed by atoms with Crippen LogP contribution in [-0.2, 0) is 12.6 Å². The second-order valence-corrected chi connectivity index (χ2v) is 0.274. The average molecular weight is 115 g/mol. The first kappa shape index (κ1) is 16.8. The number of hydrogen-bond donors (Lipinski definition) is 0.